The van der Waals surface area contributed by atoms with Crippen LogP contribution < -0.4 is 5.73 Å². The Hall–Kier alpha value is -1.69. The predicted octanol–water partition coefficient (Wildman–Crippen LogP) is 2.39. The number of nitrogen functional groups attached to an aromatic ring is 1. The van der Waals surface area contributed by atoms with E-state index in [1.807, 2.05) is 0 Å². The highest BCUT2D eigenvalue weighted by Crippen LogP contribution is 2.32. The van der Waals surface area contributed by atoms with Crippen molar-refractivity contribution < 1.29 is 4.79 Å². The van der Waals surface area contributed by atoms with E-state index in [-0.39, 0.29) is 11.3 Å². The molecule has 2 heterocycles. The molecule has 0 aliphatic rings. The summed E-state index contributed by atoms with van der Waals surface area (Å²) in [6.07, 6.45) is 1.58. The van der Waals surface area contributed by atoms with E-state index in [2.05, 4.69) is 31.0 Å². The number of carbonyl (C=O) groups excluding carboxylic acids is 1. The quantitative estimate of drug-likeness (QED) is 0.915. The lowest BCUT2D eigenvalue weighted by Crippen LogP contribution is -2.34. The van der Waals surface area contributed by atoms with Crippen molar-refractivity contribution in [2.75, 3.05) is 19.3 Å². The van der Waals surface area contributed by atoms with Gasteiger partial charge in [-0.1, -0.05) is 20.8 Å². The van der Waals surface area contributed by atoms with Crippen LogP contribution in [0.25, 0.3) is 10.2 Å². The first-order valence-electron chi connectivity index (χ1n) is 6.05. The van der Waals surface area contributed by atoms with Gasteiger partial charge in [0.2, 0.25) is 0 Å². The molecule has 2 aromatic heterocycles. The zero-order valence-electron chi connectivity index (χ0n) is 11.6. The second kappa shape index (κ2) is 4.77. The second-order valence-corrected chi connectivity index (χ2v) is 6.82. The molecule has 0 spiro atoms. The van der Waals surface area contributed by atoms with E-state index >= 15 is 0 Å². The number of fused-ring (bicyclic) bond motifs is 1. The van der Waals surface area contributed by atoms with Gasteiger partial charge in [-0.2, -0.15) is 5.10 Å². The summed E-state index contributed by atoms with van der Waals surface area (Å²) in [6.45, 7) is 6.95. The second-order valence-electron chi connectivity index (χ2n) is 5.82. The van der Waals surface area contributed by atoms with Crippen molar-refractivity contribution in [3.63, 3.8) is 0 Å². The van der Waals surface area contributed by atoms with E-state index in [0.717, 1.165) is 5.39 Å². The van der Waals surface area contributed by atoms with Gasteiger partial charge in [0.15, 0.2) is 0 Å². The van der Waals surface area contributed by atoms with E-state index in [1.54, 1.807) is 24.2 Å². The lowest BCUT2D eigenvalue weighted by atomic mass is 9.96. The minimum absolute atomic E-state index is 0.0512. The Labute approximate surface area is 116 Å². The van der Waals surface area contributed by atoms with Crippen molar-refractivity contribution in [2.45, 2.75) is 20.8 Å². The molecule has 0 aliphatic carbocycles. The van der Waals surface area contributed by atoms with Gasteiger partial charge in [0, 0.05) is 19.0 Å². The first-order chi connectivity index (χ1) is 8.79. The molecule has 0 aliphatic heterocycles. The van der Waals surface area contributed by atoms with Crippen LogP contribution in [0.2, 0.25) is 0 Å². The van der Waals surface area contributed by atoms with E-state index < -0.39 is 0 Å². The van der Waals surface area contributed by atoms with Crippen molar-refractivity contribution in [1.82, 2.24) is 15.1 Å². The van der Waals surface area contributed by atoms with Crippen LogP contribution in [-0.4, -0.2) is 34.6 Å². The normalized spacial score (nSPS) is 11.8. The standard InChI is InChI=1S/C13H18N4OS/c1-13(2,3)7-17(4)12(18)10-9(14)8-5-6-15-16-11(8)19-10/h5-6H,7,14H2,1-4H3. The van der Waals surface area contributed by atoms with E-state index in [9.17, 15) is 4.79 Å². The Balaban J connectivity index is 2.34. The number of aromatic nitrogens is 2. The van der Waals surface area contributed by atoms with Crippen LogP contribution in [0.4, 0.5) is 5.69 Å². The number of amides is 1. The number of nitrogens with two attached hydrogens (primary N) is 1. The van der Waals surface area contributed by atoms with Crippen LogP contribution in [0.3, 0.4) is 0 Å². The molecule has 0 atom stereocenters. The number of carbonyl (C=O) groups is 1. The van der Waals surface area contributed by atoms with Gasteiger partial charge in [0.25, 0.3) is 5.91 Å². The molecule has 0 saturated carbocycles. The van der Waals surface area contributed by atoms with Gasteiger partial charge in [0.05, 0.1) is 11.9 Å². The topological polar surface area (TPSA) is 72.1 Å². The summed E-state index contributed by atoms with van der Waals surface area (Å²) in [4.78, 5) is 15.4. The fourth-order valence-corrected chi connectivity index (χ4v) is 3.02. The van der Waals surface area contributed by atoms with Gasteiger partial charge >= 0.3 is 0 Å². The summed E-state index contributed by atoms with van der Waals surface area (Å²) >= 11 is 1.30. The lowest BCUT2D eigenvalue weighted by molar-refractivity contribution is 0.0751. The number of hydrogen-bond acceptors (Lipinski definition) is 5. The van der Waals surface area contributed by atoms with Gasteiger partial charge in [-0.05, 0) is 11.5 Å². The fraction of sp³-hybridized carbons (Fsp3) is 0.462. The maximum atomic E-state index is 12.4. The van der Waals surface area contributed by atoms with Gasteiger partial charge in [0.1, 0.15) is 9.71 Å². The van der Waals surface area contributed by atoms with Crippen LogP contribution in [0.5, 0.6) is 0 Å². The maximum Gasteiger partial charge on any atom is 0.265 e. The van der Waals surface area contributed by atoms with Crippen LogP contribution in [0.1, 0.15) is 30.4 Å². The predicted molar refractivity (Wildman–Crippen MR) is 78.2 cm³/mol. The third-order valence-electron chi connectivity index (χ3n) is 2.67. The molecular weight excluding hydrogens is 260 g/mol. The highest BCUT2D eigenvalue weighted by Gasteiger charge is 2.23. The third kappa shape index (κ3) is 2.84. The van der Waals surface area contributed by atoms with Crippen molar-refractivity contribution in [3.8, 4) is 0 Å². The number of anilines is 1. The molecule has 5 nitrogen and oxygen atoms in total. The average Bonchev–Trinajstić information content (AvgIpc) is 2.64. The fourth-order valence-electron chi connectivity index (χ4n) is 1.99. The molecule has 19 heavy (non-hydrogen) atoms. The highest BCUT2D eigenvalue weighted by molar-refractivity contribution is 7.21. The maximum absolute atomic E-state index is 12.4. The number of rotatable bonds is 2. The first-order valence-corrected chi connectivity index (χ1v) is 6.86. The zero-order valence-corrected chi connectivity index (χ0v) is 12.4. The Kier molecular flexibility index (Phi) is 3.45. The zero-order chi connectivity index (χ0) is 14.2. The Bertz CT molecular complexity index is 615. The molecule has 0 fully saturated rings. The number of thiophene rings is 1. The minimum atomic E-state index is -0.0598. The van der Waals surface area contributed by atoms with Crippen molar-refractivity contribution in [1.29, 1.82) is 0 Å². The molecule has 0 radical (unpaired) electrons. The molecule has 0 aromatic carbocycles. The van der Waals surface area contributed by atoms with Crippen LogP contribution in [0.15, 0.2) is 12.3 Å². The van der Waals surface area contributed by atoms with Crippen LogP contribution in [0, 0.1) is 5.41 Å². The molecule has 2 rings (SSSR count). The van der Waals surface area contributed by atoms with Crippen molar-refractivity contribution >= 4 is 33.1 Å². The molecule has 0 saturated heterocycles. The molecule has 6 heteroatoms. The molecular formula is C13H18N4OS. The Morgan fingerprint density at radius 2 is 2.16 bits per heavy atom. The monoisotopic (exact) mass is 278 g/mol. The minimum Gasteiger partial charge on any atom is -0.397 e. The molecule has 2 N–H and O–H groups in total. The molecule has 2 aromatic rings. The Morgan fingerprint density at radius 1 is 1.47 bits per heavy atom. The molecule has 102 valence electrons. The van der Waals surface area contributed by atoms with E-state index in [0.29, 0.717) is 21.9 Å². The number of hydrogen-bond donors (Lipinski definition) is 1. The first kappa shape index (κ1) is 13.7. The summed E-state index contributed by atoms with van der Waals surface area (Å²) in [6, 6.07) is 1.79. The van der Waals surface area contributed by atoms with Crippen LogP contribution in [-0.2, 0) is 0 Å². The van der Waals surface area contributed by atoms with Gasteiger partial charge in [-0.25, -0.2) is 0 Å². The average molecular weight is 278 g/mol. The number of nitrogens with zero attached hydrogens (tertiary/aromatic N) is 3. The summed E-state index contributed by atoms with van der Waals surface area (Å²) in [5.41, 5.74) is 6.59. The largest absolute Gasteiger partial charge is 0.397 e. The van der Waals surface area contributed by atoms with Crippen molar-refractivity contribution in [2.24, 2.45) is 5.41 Å². The third-order valence-corrected chi connectivity index (χ3v) is 3.77. The van der Waals surface area contributed by atoms with Gasteiger partial charge in [-0.3, -0.25) is 4.79 Å². The Morgan fingerprint density at radius 3 is 2.74 bits per heavy atom. The van der Waals surface area contributed by atoms with E-state index in [1.165, 1.54) is 11.3 Å². The molecule has 0 bridgehead atoms. The summed E-state index contributed by atoms with van der Waals surface area (Å²) in [7, 11) is 1.79. The summed E-state index contributed by atoms with van der Waals surface area (Å²) in [5, 5.41) is 8.61. The summed E-state index contributed by atoms with van der Waals surface area (Å²) in [5.74, 6) is -0.0598. The molecule has 1 amide bonds. The highest BCUT2D eigenvalue weighted by atomic mass is 32.1. The van der Waals surface area contributed by atoms with Crippen molar-refractivity contribution in [3.05, 3.63) is 17.1 Å². The van der Waals surface area contributed by atoms with Gasteiger partial charge in [-0.15, -0.1) is 16.4 Å². The SMILES string of the molecule is CN(CC(C)(C)C)C(=O)c1sc2nnccc2c1N. The van der Waals surface area contributed by atoms with Gasteiger partial charge < -0.3 is 10.6 Å². The van der Waals surface area contributed by atoms with E-state index in [4.69, 9.17) is 5.73 Å². The smallest absolute Gasteiger partial charge is 0.265 e. The molecule has 0 unspecified atom stereocenters. The lowest BCUT2D eigenvalue weighted by Gasteiger charge is -2.26. The van der Waals surface area contributed by atoms with Crippen LogP contribution >= 0.6 is 11.3 Å². The summed E-state index contributed by atoms with van der Waals surface area (Å²) < 4.78 is 0.